The third-order valence-electron chi connectivity index (χ3n) is 4.16. The molecule has 0 spiro atoms. The molecular formula is C15H25N3O. The van der Waals surface area contributed by atoms with Gasteiger partial charge in [0.1, 0.15) is 5.60 Å². The largest absolute Gasteiger partial charge is 0.367 e. The van der Waals surface area contributed by atoms with Crippen LogP contribution >= 0.6 is 0 Å². The zero-order chi connectivity index (χ0) is 13.9. The quantitative estimate of drug-likeness (QED) is 0.887. The van der Waals surface area contributed by atoms with Gasteiger partial charge in [0.2, 0.25) is 0 Å². The summed E-state index contributed by atoms with van der Waals surface area (Å²) >= 11 is 0. The fourth-order valence-electron chi connectivity index (χ4n) is 2.93. The van der Waals surface area contributed by atoms with Gasteiger partial charge in [0.15, 0.2) is 5.82 Å². The minimum atomic E-state index is -0.235. The second-order valence-corrected chi connectivity index (χ2v) is 5.38. The Morgan fingerprint density at radius 1 is 1.42 bits per heavy atom. The molecule has 1 aliphatic carbocycles. The van der Waals surface area contributed by atoms with Crippen LogP contribution in [0, 0.1) is 6.92 Å². The molecule has 4 nitrogen and oxygen atoms in total. The highest BCUT2D eigenvalue weighted by Gasteiger charge is 2.39. The zero-order valence-corrected chi connectivity index (χ0v) is 12.5. The van der Waals surface area contributed by atoms with Crippen LogP contribution < -0.4 is 5.32 Å². The van der Waals surface area contributed by atoms with Gasteiger partial charge in [0.05, 0.1) is 0 Å². The first-order chi connectivity index (χ1) is 9.13. The Morgan fingerprint density at radius 2 is 2.11 bits per heavy atom. The summed E-state index contributed by atoms with van der Waals surface area (Å²) in [5, 5.41) is 3.23. The fourth-order valence-corrected chi connectivity index (χ4v) is 2.93. The van der Waals surface area contributed by atoms with Gasteiger partial charge in [-0.05, 0) is 53.5 Å². The van der Waals surface area contributed by atoms with Gasteiger partial charge < -0.3 is 10.1 Å². The average Bonchev–Trinajstić information content (AvgIpc) is 2.88. The van der Waals surface area contributed by atoms with Gasteiger partial charge in [0.25, 0.3) is 0 Å². The van der Waals surface area contributed by atoms with Crippen molar-refractivity contribution in [3.63, 3.8) is 0 Å². The monoisotopic (exact) mass is 263 g/mol. The smallest absolute Gasteiger partial charge is 0.160 e. The SMILES string of the molecule is CCOC1(c2ncc(C(C)NC)c(C)n2)CCCC1. The molecule has 1 fully saturated rings. The van der Waals surface area contributed by atoms with Crippen LogP contribution in [-0.2, 0) is 10.3 Å². The van der Waals surface area contributed by atoms with Gasteiger partial charge in [-0.25, -0.2) is 9.97 Å². The second-order valence-electron chi connectivity index (χ2n) is 5.38. The van der Waals surface area contributed by atoms with Gasteiger partial charge in [-0.2, -0.15) is 0 Å². The molecule has 1 aromatic heterocycles. The molecule has 1 aliphatic rings. The molecule has 4 heteroatoms. The molecule has 1 saturated carbocycles. The van der Waals surface area contributed by atoms with Crippen molar-refractivity contribution in [2.75, 3.05) is 13.7 Å². The average molecular weight is 263 g/mol. The fraction of sp³-hybridized carbons (Fsp3) is 0.733. The van der Waals surface area contributed by atoms with Gasteiger partial charge in [-0.15, -0.1) is 0 Å². The minimum Gasteiger partial charge on any atom is -0.367 e. The number of nitrogens with one attached hydrogen (secondary N) is 1. The van der Waals surface area contributed by atoms with Crippen molar-refractivity contribution in [3.8, 4) is 0 Å². The first-order valence-electron chi connectivity index (χ1n) is 7.28. The number of aromatic nitrogens is 2. The molecule has 0 aromatic carbocycles. The maximum Gasteiger partial charge on any atom is 0.160 e. The molecule has 0 aliphatic heterocycles. The number of rotatable bonds is 5. The summed E-state index contributed by atoms with van der Waals surface area (Å²) in [5.74, 6) is 0.872. The number of hydrogen-bond donors (Lipinski definition) is 1. The summed E-state index contributed by atoms with van der Waals surface area (Å²) in [6.07, 6.45) is 6.45. The summed E-state index contributed by atoms with van der Waals surface area (Å²) < 4.78 is 6.02. The minimum absolute atomic E-state index is 0.235. The predicted molar refractivity (Wildman–Crippen MR) is 76.0 cm³/mol. The normalized spacial score (nSPS) is 19.6. The molecule has 19 heavy (non-hydrogen) atoms. The standard InChI is InChI=1S/C15H25N3O/c1-5-19-15(8-6-7-9-15)14-17-10-13(11(2)16-4)12(3)18-14/h10-11,16H,5-9H2,1-4H3. The van der Waals surface area contributed by atoms with Crippen molar-refractivity contribution in [1.82, 2.24) is 15.3 Å². The molecule has 1 heterocycles. The highest BCUT2D eigenvalue weighted by molar-refractivity contribution is 5.22. The van der Waals surface area contributed by atoms with E-state index in [1.165, 1.54) is 12.8 Å². The van der Waals surface area contributed by atoms with Crippen LogP contribution in [0.15, 0.2) is 6.20 Å². The third-order valence-corrected chi connectivity index (χ3v) is 4.16. The highest BCUT2D eigenvalue weighted by Crippen LogP contribution is 2.40. The van der Waals surface area contributed by atoms with E-state index in [4.69, 9.17) is 9.72 Å². The van der Waals surface area contributed by atoms with Crippen LogP contribution in [0.5, 0.6) is 0 Å². The first kappa shape index (κ1) is 14.4. The lowest BCUT2D eigenvalue weighted by Gasteiger charge is -2.28. The van der Waals surface area contributed by atoms with Crippen molar-refractivity contribution < 1.29 is 4.74 Å². The molecular weight excluding hydrogens is 238 g/mol. The Morgan fingerprint density at radius 3 is 2.63 bits per heavy atom. The molecule has 0 bridgehead atoms. The van der Waals surface area contributed by atoms with Crippen molar-refractivity contribution >= 4 is 0 Å². The van der Waals surface area contributed by atoms with Crippen LogP contribution in [-0.4, -0.2) is 23.6 Å². The van der Waals surface area contributed by atoms with E-state index < -0.39 is 0 Å². The van der Waals surface area contributed by atoms with E-state index >= 15 is 0 Å². The molecule has 2 rings (SSSR count). The lowest BCUT2D eigenvalue weighted by atomic mass is 10.00. The van der Waals surface area contributed by atoms with E-state index in [1.54, 1.807) is 0 Å². The molecule has 1 atom stereocenters. The van der Waals surface area contributed by atoms with Crippen LogP contribution in [0.2, 0.25) is 0 Å². The van der Waals surface area contributed by atoms with Crippen molar-refractivity contribution in [3.05, 3.63) is 23.3 Å². The van der Waals surface area contributed by atoms with Crippen LogP contribution in [0.3, 0.4) is 0 Å². The van der Waals surface area contributed by atoms with Gasteiger partial charge in [0, 0.05) is 30.1 Å². The Kier molecular flexibility index (Phi) is 4.53. The van der Waals surface area contributed by atoms with Crippen molar-refractivity contribution in [1.29, 1.82) is 0 Å². The topological polar surface area (TPSA) is 47.0 Å². The third kappa shape index (κ3) is 2.79. The summed E-state index contributed by atoms with van der Waals surface area (Å²) in [5.41, 5.74) is 1.98. The summed E-state index contributed by atoms with van der Waals surface area (Å²) in [7, 11) is 1.96. The number of ether oxygens (including phenoxy) is 1. The van der Waals surface area contributed by atoms with Gasteiger partial charge in [-0.3, -0.25) is 0 Å². The van der Waals surface area contributed by atoms with E-state index in [-0.39, 0.29) is 11.6 Å². The molecule has 0 radical (unpaired) electrons. The lowest BCUT2D eigenvalue weighted by molar-refractivity contribution is -0.0458. The number of nitrogens with zero attached hydrogens (tertiary/aromatic N) is 2. The molecule has 1 aromatic rings. The Hall–Kier alpha value is -1.00. The van der Waals surface area contributed by atoms with Gasteiger partial charge in [-0.1, -0.05) is 0 Å². The predicted octanol–water partition coefficient (Wildman–Crippen LogP) is 2.87. The zero-order valence-electron chi connectivity index (χ0n) is 12.5. The maximum absolute atomic E-state index is 6.02. The first-order valence-corrected chi connectivity index (χ1v) is 7.28. The molecule has 1 unspecified atom stereocenters. The molecule has 0 amide bonds. The Bertz CT molecular complexity index is 427. The van der Waals surface area contributed by atoms with E-state index in [2.05, 4.69) is 24.1 Å². The maximum atomic E-state index is 6.02. The molecule has 0 saturated heterocycles. The van der Waals surface area contributed by atoms with Crippen molar-refractivity contribution in [2.24, 2.45) is 0 Å². The van der Waals surface area contributed by atoms with Crippen LogP contribution in [0.1, 0.15) is 62.7 Å². The summed E-state index contributed by atoms with van der Waals surface area (Å²) in [6, 6.07) is 0.278. The van der Waals surface area contributed by atoms with Crippen LogP contribution in [0.25, 0.3) is 0 Å². The highest BCUT2D eigenvalue weighted by atomic mass is 16.5. The lowest BCUT2D eigenvalue weighted by Crippen LogP contribution is -2.29. The molecule has 1 N–H and O–H groups in total. The Balaban J connectivity index is 2.32. The molecule has 106 valence electrons. The number of aryl methyl sites for hydroxylation is 1. The van der Waals surface area contributed by atoms with Crippen LogP contribution in [0.4, 0.5) is 0 Å². The van der Waals surface area contributed by atoms with Crippen molar-refractivity contribution in [2.45, 2.75) is 58.1 Å². The Labute approximate surface area is 116 Å². The number of hydrogen-bond acceptors (Lipinski definition) is 4. The second kappa shape index (κ2) is 5.97. The van der Waals surface area contributed by atoms with E-state index in [1.807, 2.05) is 20.2 Å². The van der Waals surface area contributed by atoms with Gasteiger partial charge >= 0.3 is 0 Å². The van der Waals surface area contributed by atoms with E-state index in [0.29, 0.717) is 0 Å². The van der Waals surface area contributed by atoms with E-state index in [0.717, 1.165) is 36.5 Å². The summed E-state index contributed by atoms with van der Waals surface area (Å²) in [4.78, 5) is 9.34. The van der Waals surface area contributed by atoms with E-state index in [9.17, 15) is 0 Å². The summed E-state index contributed by atoms with van der Waals surface area (Å²) in [6.45, 7) is 6.95.